The Morgan fingerprint density at radius 3 is 0.737 bits per heavy atom. The van der Waals surface area contributed by atoms with Gasteiger partial charge in [-0.05, 0) is 77.0 Å². The summed E-state index contributed by atoms with van der Waals surface area (Å²) in [4.78, 5) is 38.3. The van der Waals surface area contributed by atoms with E-state index in [4.69, 9.17) is 14.2 Å². The van der Waals surface area contributed by atoms with Crippen molar-refractivity contribution in [3.05, 3.63) is 36.5 Å². The van der Waals surface area contributed by atoms with Gasteiger partial charge in [0.1, 0.15) is 13.2 Å². The van der Waals surface area contributed by atoms with Gasteiger partial charge in [0, 0.05) is 19.3 Å². The van der Waals surface area contributed by atoms with Crippen molar-refractivity contribution < 1.29 is 28.6 Å². The average molecular weight is 1070 g/mol. The first-order valence-corrected chi connectivity index (χ1v) is 34.0. The summed E-state index contributed by atoms with van der Waals surface area (Å²) in [6, 6.07) is 0. The molecule has 0 aromatic carbocycles. The second-order valence-electron chi connectivity index (χ2n) is 23.1. The molecule has 0 saturated heterocycles. The highest BCUT2D eigenvalue weighted by molar-refractivity contribution is 5.71. The quantitative estimate of drug-likeness (QED) is 0.0261. The van der Waals surface area contributed by atoms with Gasteiger partial charge in [0.05, 0.1) is 0 Å². The van der Waals surface area contributed by atoms with Crippen molar-refractivity contribution in [3.8, 4) is 0 Å². The summed E-state index contributed by atoms with van der Waals surface area (Å²) < 4.78 is 17.0. The SMILES string of the molecule is CCCCCCC/C=C\C/C=C\CCCCCCCCCCCCCCCCCC(=O)OCC(COC(=O)CCCCCCCCCCCCCC)OC(=O)CCCCCCCCCCC/C=C\CCCCCCCC. The molecule has 0 aromatic heterocycles. The molecule has 6 nitrogen and oxygen atoms in total. The van der Waals surface area contributed by atoms with Gasteiger partial charge < -0.3 is 14.2 Å². The van der Waals surface area contributed by atoms with Gasteiger partial charge in [-0.1, -0.05) is 314 Å². The highest BCUT2D eigenvalue weighted by Gasteiger charge is 2.19. The van der Waals surface area contributed by atoms with Crippen LogP contribution in [0, 0.1) is 0 Å². The third-order valence-electron chi connectivity index (χ3n) is 15.4. The van der Waals surface area contributed by atoms with E-state index in [-0.39, 0.29) is 31.1 Å². The molecule has 0 saturated carbocycles. The Hall–Kier alpha value is -2.37. The molecule has 0 fully saturated rings. The highest BCUT2D eigenvalue weighted by atomic mass is 16.6. The van der Waals surface area contributed by atoms with Crippen molar-refractivity contribution >= 4 is 17.9 Å². The normalized spacial score (nSPS) is 12.2. The topological polar surface area (TPSA) is 78.9 Å². The van der Waals surface area contributed by atoms with Gasteiger partial charge >= 0.3 is 17.9 Å². The van der Waals surface area contributed by atoms with Gasteiger partial charge in [0.2, 0.25) is 0 Å². The number of ether oxygens (including phenoxy) is 3. The maximum absolute atomic E-state index is 12.9. The van der Waals surface area contributed by atoms with Crippen molar-refractivity contribution in [2.24, 2.45) is 0 Å². The van der Waals surface area contributed by atoms with Gasteiger partial charge in [0.25, 0.3) is 0 Å². The molecule has 0 N–H and O–H groups in total. The standard InChI is InChI=1S/C70H130O6/c1-4-7-10-13-16-19-22-25-27-29-31-32-33-34-35-36-37-38-40-41-43-45-48-51-54-57-60-63-69(72)75-66-67(65-74-68(71)62-59-56-53-50-47-24-21-18-15-12-9-6-3)76-70(73)64-61-58-55-52-49-46-44-42-39-30-28-26-23-20-17-14-11-8-5-2/h22,25-26,28-29,31,67H,4-21,23-24,27,30,32-66H2,1-3H3/b25-22-,28-26-,31-29-. The molecule has 1 atom stereocenters. The first-order chi connectivity index (χ1) is 37.5. The molecular weight excluding hydrogens is 937 g/mol. The van der Waals surface area contributed by atoms with E-state index in [9.17, 15) is 14.4 Å². The zero-order valence-corrected chi connectivity index (χ0v) is 51.3. The molecular formula is C70H130O6. The summed E-state index contributed by atoms with van der Waals surface area (Å²) in [6.45, 7) is 6.68. The van der Waals surface area contributed by atoms with Gasteiger partial charge in [-0.3, -0.25) is 14.4 Å². The predicted molar refractivity (Wildman–Crippen MR) is 330 cm³/mol. The van der Waals surface area contributed by atoms with Crippen LogP contribution in [0.25, 0.3) is 0 Å². The van der Waals surface area contributed by atoms with Crippen LogP contribution in [-0.2, 0) is 28.6 Å². The van der Waals surface area contributed by atoms with Crippen LogP contribution in [-0.4, -0.2) is 37.2 Å². The summed E-state index contributed by atoms with van der Waals surface area (Å²) in [5, 5.41) is 0. The van der Waals surface area contributed by atoms with Gasteiger partial charge in [-0.2, -0.15) is 0 Å². The molecule has 0 bridgehead atoms. The number of hydrogen-bond acceptors (Lipinski definition) is 6. The van der Waals surface area contributed by atoms with Crippen LogP contribution in [0.5, 0.6) is 0 Å². The lowest BCUT2D eigenvalue weighted by molar-refractivity contribution is -0.167. The van der Waals surface area contributed by atoms with E-state index >= 15 is 0 Å². The van der Waals surface area contributed by atoms with Crippen LogP contribution in [0.3, 0.4) is 0 Å². The summed E-state index contributed by atoms with van der Waals surface area (Å²) in [7, 11) is 0. The van der Waals surface area contributed by atoms with E-state index in [1.165, 1.54) is 270 Å². The Labute approximate surface area is 474 Å². The summed E-state index contributed by atoms with van der Waals surface area (Å²) >= 11 is 0. The monoisotopic (exact) mass is 1070 g/mol. The maximum Gasteiger partial charge on any atom is 0.306 e. The second kappa shape index (κ2) is 65.2. The number of carbonyl (C=O) groups is 3. The van der Waals surface area contributed by atoms with Crippen molar-refractivity contribution in [1.82, 2.24) is 0 Å². The van der Waals surface area contributed by atoms with Crippen LogP contribution in [0.2, 0.25) is 0 Å². The molecule has 1 unspecified atom stereocenters. The number of allylic oxidation sites excluding steroid dienone is 6. The second-order valence-corrected chi connectivity index (χ2v) is 23.1. The summed E-state index contributed by atoms with van der Waals surface area (Å²) in [5.41, 5.74) is 0. The van der Waals surface area contributed by atoms with Crippen molar-refractivity contribution in [3.63, 3.8) is 0 Å². The van der Waals surface area contributed by atoms with E-state index in [1.54, 1.807) is 0 Å². The number of hydrogen-bond donors (Lipinski definition) is 0. The molecule has 76 heavy (non-hydrogen) atoms. The van der Waals surface area contributed by atoms with Crippen molar-refractivity contribution in [2.75, 3.05) is 13.2 Å². The molecule has 0 aliphatic rings. The molecule has 0 rings (SSSR count). The number of carbonyl (C=O) groups excluding carboxylic acids is 3. The van der Waals surface area contributed by atoms with Gasteiger partial charge in [-0.15, -0.1) is 0 Å². The van der Waals surface area contributed by atoms with E-state index < -0.39 is 6.10 Å². The van der Waals surface area contributed by atoms with E-state index in [0.29, 0.717) is 19.3 Å². The first-order valence-electron chi connectivity index (χ1n) is 34.0. The average Bonchev–Trinajstić information content (AvgIpc) is 3.42. The Bertz CT molecular complexity index is 1270. The fourth-order valence-corrected chi connectivity index (χ4v) is 10.2. The zero-order chi connectivity index (χ0) is 55.0. The van der Waals surface area contributed by atoms with Crippen LogP contribution in [0.4, 0.5) is 0 Å². The zero-order valence-electron chi connectivity index (χ0n) is 51.3. The number of rotatable bonds is 63. The summed E-state index contributed by atoms with van der Waals surface area (Å²) in [5.74, 6) is -0.844. The fraction of sp³-hybridized carbons (Fsp3) is 0.871. The first kappa shape index (κ1) is 73.6. The van der Waals surface area contributed by atoms with E-state index in [0.717, 1.165) is 64.2 Å². The highest BCUT2D eigenvalue weighted by Crippen LogP contribution is 2.18. The Balaban J connectivity index is 4.20. The molecule has 0 aliphatic heterocycles. The van der Waals surface area contributed by atoms with Crippen LogP contribution < -0.4 is 0 Å². The molecule has 6 heteroatoms. The third kappa shape index (κ3) is 62.5. The van der Waals surface area contributed by atoms with Crippen molar-refractivity contribution in [2.45, 2.75) is 380 Å². The molecule has 0 aliphatic carbocycles. The fourth-order valence-electron chi connectivity index (χ4n) is 10.2. The molecule has 446 valence electrons. The number of esters is 3. The lowest BCUT2D eigenvalue weighted by atomic mass is 10.0. The van der Waals surface area contributed by atoms with Crippen LogP contribution in [0.15, 0.2) is 36.5 Å². The van der Waals surface area contributed by atoms with Crippen LogP contribution >= 0.6 is 0 Å². The molecule has 0 aromatic rings. The smallest absolute Gasteiger partial charge is 0.306 e. The Morgan fingerprint density at radius 2 is 0.474 bits per heavy atom. The molecule has 0 radical (unpaired) electrons. The Kier molecular flexibility index (Phi) is 63.1. The molecule has 0 amide bonds. The van der Waals surface area contributed by atoms with Gasteiger partial charge in [0.15, 0.2) is 6.10 Å². The largest absolute Gasteiger partial charge is 0.462 e. The van der Waals surface area contributed by atoms with Crippen LogP contribution in [0.1, 0.15) is 374 Å². The number of unbranched alkanes of at least 4 members (excludes halogenated alkanes) is 46. The molecule has 0 heterocycles. The van der Waals surface area contributed by atoms with Crippen molar-refractivity contribution in [1.29, 1.82) is 0 Å². The lowest BCUT2D eigenvalue weighted by Gasteiger charge is -2.18. The van der Waals surface area contributed by atoms with E-state index in [1.807, 2.05) is 0 Å². The predicted octanol–water partition coefficient (Wildman–Crippen LogP) is 23.2. The lowest BCUT2D eigenvalue weighted by Crippen LogP contribution is -2.30. The van der Waals surface area contributed by atoms with Gasteiger partial charge in [-0.25, -0.2) is 0 Å². The third-order valence-corrected chi connectivity index (χ3v) is 15.4. The summed E-state index contributed by atoms with van der Waals surface area (Å²) in [6.07, 6.45) is 80.2. The Morgan fingerprint density at radius 1 is 0.263 bits per heavy atom. The minimum atomic E-state index is -0.770. The van der Waals surface area contributed by atoms with E-state index in [2.05, 4.69) is 57.2 Å². The minimum absolute atomic E-state index is 0.0676. The minimum Gasteiger partial charge on any atom is -0.462 e. The maximum atomic E-state index is 12.9. The molecule has 0 spiro atoms.